The SMILES string of the molecule is N#Cc1ccc2cc(OCCC3CCN(C(=O)OCc4nccs4)CC3)ccc2c1. The molecule has 0 spiro atoms. The van der Waals surface area contributed by atoms with E-state index in [9.17, 15) is 4.79 Å². The van der Waals surface area contributed by atoms with Crippen molar-refractivity contribution in [1.82, 2.24) is 9.88 Å². The summed E-state index contributed by atoms with van der Waals surface area (Å²) in [5, 5.41) is 13.8. The third-order valence-electron chi connectivity index (χ3n) is 5.41. The van der Waals surface area contributed by atoms with Gasteiger partial charge in [-0.1, -0.05) is 12.1 Å². The van der Waals surface area contributed by atoms with Crippen LogP contribution < -0.4 is 4.74 Å². The molecule has 0 unspecified atom stereocenters. The maximum absolute atomic E-state index is 12.2. The molecule has 2 aromatic carbocycles. The van der Waals surface area contributed by atoms with E-state index in [2.05, 4.69) is 11.1 Å². The second kappa shape index (κ2) is 9.59. The van der Waals surface area contributed by atoms with Gasteiger partial charge in [-0.25, -0.2) is 9.78 Å². The van der Waals surface area contributed by atoms with Gasteiger partial charge in [0, 0.05) is 24.7 Å². The van der Waals surface area contributed by atoms with E-state index in [0.29, 0.717) is 18.1 Å². The fourth-order valence-corrected chi connectivity index (χ4v) is 4.20. The van der Waals surface area contributed by atoms with Crippen LogP contribution in [0, 0.1) is 17.2 Å². The van der Waals surface area contributed by atoms with E-state index in [-0.39, 0.29) is 12.7 Å². The molecule has 154 valence electrons. The molecule has 0 radical (unpaired) electrons. The number of carbonyl (C=O) groups excluding carboxylic acids is 1. The minimum Gasteiger partial charge on any atom is -0.494 e. The van der Waals surface area contributed by atoms with Gasteiger partial charge in [-0.3, -0.25) is 0 Å². The van der Waals surface area contributed by atoms with Crippen LogP contribution in [0.2, 0.25) is 0 Å². The maximum atomic E-state index is 12.2. The molecule has 3 aromatic rings. The summed E-state index contributed by atoms with van der Waals surface area (Å²) in [5.74, 6) is 1.39. The lowest BCUT2D eigenvalue weighted by Gasteiger charge is -2.31. The third-order valence-corrected chi connectivity index (χ3v) is 6.16. The lowest BCUT2D eigenvalue weighted by molar-refractivity contribution is 0.0799. The quantitative estimate of drug-likeness (QED) is 0.561. The van der Waals surface area contributed by atoms with Crippen molar-refractivity contribution in [3.05, 3.63) is 58.5 Å². The molecule has 0 bridgehead atoms. The Morgan fingerprint density at radius 3 is 2.77 bits per heavy atom. The number of aromatic nitrogens is 1. The highest BCUT2D eigenvalue weighted by Gasteiger charge is 2.23. The number of ether oxygens (including phenoxy) is 2. The Morgan fingerprint density at radius 1 is 1.20 bits per heavy atom. The van der Waals surface area contributed by atoms with Gasteiger partial charge in [-0.2, -0.15) is 5.26 Å². The normalized spacial score (nSPS) is 14.4. The highest BCUT2D eigenvalue weighted by molar-refractivity contribution is 7.09. The molecule has 7 heteroatoms. The van der Waals surface area contributed by atoms with Crippen LogP contribution in [0.3, 0.4) is 0 Å². The molecular formula is C23H23N3O3S. The monoisotopic (exact) mass is 421 g/mol. The second-order valence-electron chi connectivity index (χ2n) is 7.38. The molecule has 1 aliphatic rings. The number of thiazole rings is 1. The van der Waals surface area contributed by atoms with E-state index < -0.39 is 0 Å². The van der Waals surface area contributed by atoms with Gasteiger partial charge in [-0.15, -0.1) is 11.3 Å². The largest absolute Gasteiger partial charge is 0.494 e. The van der Waals surface area contributed by atoms with Crippen molar-refractivity contribution in [3.63, 3.8) is 0 Å². The van der Waals surface area contributed by atoms with Gasteiger partial charge >= 0.3 is 6.09 Å². The number of fused-ring (bicyclic) bond motifs is 1. The van der Waals surface area contributed by atoms with Gasteiger partial charge in [0.1, 0.15) is 17.4 Å². The molecule has 6 nitrogen and oxygen atoms in total. The first-order chi connectivity index (χ1) is 14.7. The molecule has 1 aliphatic heterocycles. The fraction of sp³-hybridized carbons (Fsp3) is 0.348. The van der Waals surface area contributed by atoms with Gasteiger partial charge in [0.05, 0.1) is 18.2 Å². The van der Waals surface area contributed by atoms with E-state index in [1.165, 1.54) is 11.3 Å². The molecule has 1 fully saturated rings. The Morgan fingerprint density at radius 2 is 2.00 bits per heavy atom. The molecule has 1 aromatic heterocycles. The van der Waals surface area contributed by atoms with Crippen molar-refractivity contribution in [3.8, 4) is 11.8 Å². The number of nitrogens with zero attached hydrogens (tertiary/aromatic N) is 3. The Kier molecular flexibility index (Phi) is 6.45. The lowest BCUT2D eigenvalue weighted by atomic mass is 9.94. The average molecular weight is 422 g/mol. The van der Waals surface area contributed by atoms with Crippen LogP contribution >= 0.6 is 11.3 Å². The maximum Gasteiger partial charge on any atom is 0.410 e. The van der Waals surface area contributed by atoms with Crippen molar-refractivity contribution >= 4 is 28.2 Å². The molecule has 2 heterocycles. The van der Waals surface area contributed by atoms with Gasteiger partial charge in [0.2, 0.25) is 0 Å². The Hall–Kier alpha value is -3.11. The zero-order valence-electron chi connectivity index (χ0n) is 16.6. The predicted molar refractivity (Wildman–Crippen MR) is 115 cm³/mol. The second-order valence-corrected chi connectivity index (χ2v) is 8.36. The first kappa shape index (κ1) is 20.2. The smallest absolute Gasteiger partial charge is 0.410 e. The standard InChI is InChI=1S/C23H23N3O3S/c24-15-18-1-2-20-14-21(4-3-19(20)13-18)28-11-7-17-5-9-26(10-6-17)23(27)29-16-22-25-8-12-30-22/h1-4,8,12-14,17H,5-7,9-11,16H2. The van der Waals surface area contributed by atoms with Crippen LogP contribution in [0.4, 0.5) is 4.79 Å². The van der Waals surface area contributed by atoms with Crippen LogP contribution in [-0.2, 0) is 11.3 Å². The molecule has 0 saturated carbocycles. The fourth-order valence-electron chi connectivity index (χ4n) is 3.67. The molecular weight excluding hydrogens is 398 g/mol. The van der Waals surface area contributed by atoms with Crippen molar-refractivity contribution in [1.29, 1.82) is 5.26 Å². The Bertz CT molecular complexity index is 1040. The molecule has 30 heavy (non-hydrogen) atoms. The van der Waals surface area contributed by atoms with Crippen LogP contribution in [0.15, 0.2) is 48.0 Å². The Labute approximate surface area is 179 Å². The molecule has 4 rings (SSSR count). The average Bonchev–Trinajstić information content (AvgIpc) is 3.31. The summed E-state index contributed by atoms with van der Waals surface area (Å²) in [5.41, 5.74) is 0.662. The van der Waals surface area contributed by atoms with Gasteiger partial charge in [-0.05, 0) is 60.2 Å². The van der Waals surface area contributed by atoms with Crippen molar-refractivity contribution in [2.24, 2.45) is 5.92 Å². The lowest BCUT2D eigenvalue weighted by Crippen LogP contribution is -2.39. The number of nitriles is 1. The molecule has 0 N–H and O–H groups in total. The first-order valence-corrected chi connectivity index (χ1v) is 11.0. The molecule has 0 aliphatic carbocycles. The zero-order chi connectivity index (χ0) is 20.8. The van der Waals surface area contributed by atoms with Crippen LogP contribution in [0.1, 0.15) is 29.8 Å². The minimum absolute atomic E-state index is 0.244. The van der Waals surface area contributed by atoms with Crippen molar-refractivity contribution in [2.75, 3.05) is 19.7 Å². The number of rotatable bonds is 6. The van der Waals surface area contributed by atoms with Crippen LogP contribution in [0.5, 0.6) is 5.75 Å². The number of benzene rings is 2. The highest BCUT2D eigenvalue weighted by atomic mass is 32.1. The van der Waals surface area contributed by atoms with E-state index in [1.54, 1.807) is 11.1 Å². The van der Waals surface area contributed by atoms with E-state index >= 15 is 0 Å². The third kappa shape index (κ3) is 5.08. The summed E-state index contributed by atoms with van der Waals surface area (Å²) in [6.45, 7) is 2.34. The topological polar surface area (TPSA) is 75.5 Å². The summed E-state index contributed by atoms with van der Waals surface area (Å²) < 4.78 is 11.3. The number of amides is 1. The predicted octanol–water partition coefficient (Wildman–Crippen LogP) is 4.99. The highest BCUT2D eigenvalue weighted by Crippen LogP contribution is 2.24. The molecule has 1 amide bonds. The number of hydrogen-bond acceptors (Lipinski definition) is 6. The van der Waals surface area contributed by atoms with Crippen molar-refractivity contribution < 1.29 is 14.3 Å². The van der Waals surface area contributed by atoms with Gasteiger partial charge in [0.25, 0.3) is 0 Å². The number of likely N-dealkylation sites (tertiary alicyclic amines) is 1. The minimum atomic E-state index is -0.254. The van der Waals surface area contributed by atoms with Gasteiger partial charge < -0.3 is 14.4 Å². The van der Waals surface area contributed by atoms with Crippen LogP contribution in [0.25, 0.3) is 10.8 Å². The number of hydrogen-bond donors (Lipinski definition) is 0. The van der Waals surface area contributed by atoms with E-state index in [0.717, 1.165) is 53.9 Å². The van der Waals surface area contributed by atoms with Crippen LogP contribution in [-0.4, -0.2) is 35.7 Å². The van der Waals surface area contributed by atoms with E-state index in [4.69, 9.17) is 14.7 Å². The summed E-state index contributed by atoms with van der Waals surface area (Å²) in [6, 6.07) is 13.8. The number of carbonyl (C=O) groups is 1. The summed E-state index contributed by atoms with van der Waals surface area (Å²) in [6.07, 6.45) is 4.35. The number of piperidine rings is 1. The van der Waals surface area contributed by atoms with E-state index in [1.807, 2.05) is 41.8 Å². The summed E-state index contributed by atoms with van der Waals surface area (Å²) >= 11 is 1.49. The van der Waals surface area contributed by atoms with Crippen molar-refractivity contribution in [2.45, 2.75) is 25.9 Å². The Balaban J connectivity index is 1.19. The summed E-state index contributed by atoms with van der Waals surface area (Å²) in [7, 11) is 0. The first-order valence-electron chi connectivity index (χ1n) is 10.1. The molecule has 0 atom stereocenters. The van der Waals surface area contributed by atoms with Gasteiger partial charge in [0.15, 0.2) is 0 Å². The summed E-state index contributed by atoms with van der Waals surface area (Å²) in [4.78, 5) is 18.1. The zero-order valence-corrected chi connectivity index (χ0v) is 17.4. The molecule has 1 saturated heterocycles.